The minimum Gasteiger partial charge on any atom is -0.465 e. The van der Waals surface area contributed by atoms with Crippen molar-refractivity contribution in [2.24, 2.45) is 22.7 Å². The Morgan fingerprint density at radius 3 is 2.68 bits per heavy atom. The van der Waals surface area contributed by atoms with Crippen molar-refractivity contribution in [3.63, 3.8) is 0 Å². The van der Waals surface area contributed by atoms with Crippen LogP contribution in [0.1, 0.15) is 60.3 Å². The number of carbonyl (C=O) groups excluding carboxylic acids is 1. The molecule has 0 aliphatic heterocycles. The van der Waals surface area contributed by atoms with Gasteiger partial charge < -0.3 is 4.74 Å². The van der Waals surface area contributed by atoms with E-state index in [1.54, 1.807) is 0 Å². The van der Waals surface area contributed by atoms with Crippen LogP contribution in [0, 0.1) is 22.7 Å². The van der Waals surface area contributed by atoms with Gasteiger partial charge in [-0.05, 0) is 42.9 Å². The van der Waals surface area contributed by atoms with Crippen molar-refractivity contribution in [1.29, 1.82) is 0 Å². The van der Waals surface area contributed by atoms with Gasteiger partial charge in [0.1, 0.15) is 0 Å². The molecular weight excluding hydrogens is 236 g/mol. The van der Waals surface area contributed by atoms with Crippen LogP contribution in [-0.4, -0.2) is 12.6 Å². The van der Waals surface area contributed by atoms with Crippen LogP contribution in [-0.2, 0) is 9.53 Å². The van der Waals surface area contributed by atoms with Gasteiger partial charge in [0.05, 0.1) is 6.61 Å². The molecule has 19 heavy (non-hydrogen) atoms. The summed E-state index contributed by atoms with van der Waals surface area (Å²) in [6, 6.07) is 0. The lowest BCUT2D eigenvalue weighted by atomic mass is 9.49. The van der Waals surface area contributed by atoms with E-state index in [2.05, 4.69) is 33.8 Å². The molecule has 0 spiro atoms. The Balaban J connectivity index is 2.28. The van der Waals surface area contributed by atoms with Crippen molar-refractivity contribution in [2.45, 2.75) is 60.3 Å². The molecule has 0 N–H and O–H groups in total. The molecule has 2 heteroatoms. The summed E-state index contributed by atoms with van der Waals surface area (Å²) in [5.74, 6) is 0.946. The minimum atomic E-state index is -0.159. The lowest BCUT2D eigenvalue weighted by Gasteiger charge is -2.56. The molecule has 2 aliphatic carbocycles. The smallest absolute Gasteiger partial charge is 0.302 e. The zero-order chi connectivity index (χ0) is 14.3. The first-order chi connectivity index (χ1) is 8.77. The third-order valence-corrected chi connectivity index (χ3v) is 5.75. The Morgan fingerprint density at radius 2 is 2.05 bits per heavy atom. The number of rotatable bonds is 2. The molecule has 0 aromatic rings. The minimum absolute atomic E-state index is 0.159. The molecule has 1 saturated carbocycles. The SMILES string of the molecule is CC(=O)OC[C@H]1C(C)=CC[C@H]2C(C)(C)CCC[C@]12C. The monoisotopic (exact) mass is 264 g/mol. The predicted molar refractivity (Wildman–Crippen MR) is 77.7 cm³/mol. The fraction of sp³-hybridized carbons (Fsp3) is 0.824. The topological polar surface area (TPSA) is 26.3 Å². The largest absolute Gasteiger partial charge is 0.465 e. The maximum atomic E-state index is 11.1. The summed E-state index contributed by atoms with van der Waals surface area (Å²) in [6.07, 6.45) is 7.45. The van der Waals surface area contributed by atoms with E-state index in [-0.39, 0.29) is 11.4 Å². The fourth-order valence-electron chi connectivity index (χ4n) is 4.66. The summed E-state index contributed by atoms with van der Waals surface area (Å²) in [4.78, 5) is 11.1. The van der Waals surface area contributed by atoms with E-state index in [9.17, 15) is 4.79 Å². The zero-order valence-electron chi connectivity index (χ0n) is 13.1. The first kappa shape index (κ1) is 14.6. The summed E-state index contributed by atoms with van der Waals surface area (Å²) in [7, 11) is 0. The molecule has 1 fully saturated rings. The normalized spacial score (nSPS) is 37.2. The predicted octanol–water partition coefficient (Wildman–Crippen LogP) is 4.35. The molecule has 0 saturated heterocycles. The molecule has 2 rings (SSSR count). The van der Waals surface area contributed by atoms with Crippen LogP contribution < -0.4 is 0 Å². The highest BCUT2D eigenvalue weighted by Gasteiger charge is 2.52. The Kier molecular flexibility index (Phi) is 3.81. The van der Waals surface area contributed by atoms with Crippen LogP contribution in [0.25, 0.3) is 0 Å². The number of carbonyl (C=O) groups is 1. The lowest BCUT2D eigenvalue weighted by Crippen LogP contribution is -2.49. The number of hydrogen-bond acceptors (Lipinski definition) is 2. The average molecular weight is 264 g/mol. The highest BCUT2D eigenvalue weighted by Crippen LogP contribution is 2.59. The van der Waals surface area contributed by atoms with Gasteiger partial charge in [0, 0.05) is 12.8 Å². The van der Waals surface area contributed by atoms with Crippen molar-refractivity contribution < 1.29 is 9.53 Å². The van der Waals surface area contributed by atoms with E-state index in [0.717, 1.165) is 0 Å². The Morgan fingerprint density at radius 1 is 1.37 bits per heavy atom. The first-order valence-electron chi connectivity index (χ1n) is 7.57. The molecule has 0 radical (unpaired) electrons. The molecular formula is C17H28O2. The second-order valence-electron chi connectivity index (χ2n) is 7.44. The second kappa shape index (κ2) is 4.96. The van der Waals surface area contributed by atoms with Gasteiger partial charge >= 0.3 is 5.97 Å². The summed E-state index contributed by atoms with van der Waals surface area (Å²) in [6.45, 7) is 11.5. The summed E-state index contributed by atoms with van der Waals surface area (Å²) < 4.78 is 5.35. The van der Waals surface area contributed by atoms with E-state index in [0.29, 0.717) is 23.9 Å². The van der Waals surface area contributed by atoms with Gasteiger partial charge in [0.25, 0.3) is 0 Å². The summed E-state index contributed by atoms with van der Waals surface area (Å²) >= 11 is 0. The molecule has 108 valence electrons. The van der Waals surface area contributed by atoms with Gasteiger partial charge in [-0.25, -0.2) is 0 Å². The number of fused-ring (bicyclic) bond motifs is 1. The molecule has 0 unspecified atom stereocenters. The molecule has 0 bridgehead atoms. The van der Waals surface area contributed by atoms with Crippen molar-refractivity contribution in [3.8, 4) is 0 Å². The van der Waals surface area contributed by atoms with Gasteiger partial charge in [-0.2, -0.15) is 0 Å². The lowest BCUT2D eigenvalue weighted by molar-refractivity contribution is -0.145. The van der Waals surface area contributed by atoms with Crippen LogP contribution in [0.4, 0.5) is 0 Å². The van der Waals surface area contributed by atoms with Crippen LogP contribution in [0.2, 0.25) is 0 Å². The van der Waals surface area contributed by atoms with E-state index in [4.69, 9.17) is 4.74 Å². The highest BCUT2D eigenvalue weighted by molar-refractivity contribution is 5.65. The van der Waals surface area contributed by atoms with Crippen molar-refractivity contribution in [3.05, 3.63) is 11.6 Å². The molecule has 0 heterocycles. The first-order valence-corrected chi connectivity index (χ1v) is 7.57. The number of allylic oxidation sites excluding steroid dienone is 1. The third-order valence-electron chi connectivity index (χ3n) is 5.75. The van der Waals surface area contributed by atoms with Crippen molar-refractivity contribution in [1.82, 2.24) is 0 Å². The fourth-order valence-corrected chi connectivity index (χ4v) is 4.66. The van der Waals surface area contributed by atoms with Gasteiger partial charge in [-0.1, -0.05) is 38.8 Å². The molecule has 3 atom stereocenters. The molecule has 2 nitrogen and oxygen atoms in total. The van der Waals surface area contributed by atoms with Crippen molar-refractivity contribution >= 4 is 5.97 Å². The Labute approximate surface area is 117 Å². The van der Waals surface area contributed by atoms with Gasteiger partial charge in [-0.3, -0.25) is 4.79 Å². The maximum absolute atomic E-state index is 11.1. The molecule has 2 aliphatic rings. The number of esters is 1. The number of ether oxygens (including phenoxy) is 1. The maximum Gasteiger partial charge on any atom is 0.302 e. The summed E-state index contributed by atoms with van der Waals surface area (Å²) in [5.41, 5.74) is 2.10. The summed E-state index contributed by atoms with van der Waals surface area (Å²) in [5, 5.41) is 0. The Hall–Kier alpha value is -0.790. The van der Waals surface area contributed by atoms with Crippen molar-refractivity contribution in [2.75, 3.05) is 6.61 Å². The molecule has 0 aromatic carbocycles. The zero-order valence-corrected chi connectivity index (χ0v) is 13.1. The van der Waals surface area contributed by atoms with E-state index in [1.165, 1.54) is 38.2 Å². The quantitative estimate of drug-likeness (QED) is 0.547. The van der Waals surface area contributed by atoms with E-state index in [1.807, 2.05) is 0 Å². The van der Waals surface area contributed by atoms with Gasteiger partial charge in [0.15, 0.2) is 0 Å². The van der Waals surface area contributed by atoms with Gasteiger partial charge in [0.2, 0.25) is 0 Å². The Bertz CT molecular complexity index is 394. The molecule has 0 aromatic heterocycles. The van der Waals surface area contributed by atoms with Crippen LogP contribution >= 0.6 is 0 Å². The van der Waals surface area contributed by atoms with Crippen LogP contribution in [0.15, 0.2) is 11.6 Å². The van der Waals surface area contributed by atoms with Crippen LogP contribution in [0.3, 0.4) is 0 Å². The molecule has 0 amide bonds. The highest BCUT2D eigenvalue weighted by atomic mass is 16.5. The van der Waals surface area contributed by atoms with E-state index < -0.39 is 0 Å². The average Bonchev–Trinajstić information content (AvgIpc) is 2.26. The van der Waals surface area contributed by atoms with Gasteiger partial charge in [-0.15, -0.1) is 0 Å². The number of hydrogen-bond donors (Lipinski definition) is 0. The third kappa shape index (κ3) is 2.59. The second-order valence-corrected chi connectivity index (χ2v) is 7.44. The van der Waals surface area contributed by atoms with E-state index >= 15 is 0 Å². The standard InChI is InChI=1S/C17H28O2/c1-12-7-8-15-16(3,4)9-6-10-17(15,5)14(12)11-19-13(2)18/h7,14-15H,6,8-11H2,1-5H3/t14-,15-,17+/m0/s1. The van der Waals surface area contributed by atoms with Crippen LogP contribution in [0.5, 0.6) is 0 Å².